The number of aliphatic carboxylic acids is 1. The van der Waals surface area contributed by atoms with Crippen LogP contribution in [0.2, 0.25) is 5.02 Å². The van der Waals surface area contributed by atoms with Crippen molar-refractivity contribution in [2.24, 2.45) is 0 Å². The first-order valence-corrected chi connectivity index (χ1v) is 12.5. The minimum Gasteiger partial charge on any atom is -0.480 e. The molecule has 0 aliphatic carbocycles. The van der Waals surface area contributed by atoms with E-state index in [9.17, 15) is 36.3 Å². The van der Waals surface area contributed by atoms with Gasteiger partial charge in [0.15, 0.2) is 0 Å². The van der Waals surface area contributed by atoms with E-state index in [1.165, 1.54) is 13.0 Å². The minimum absolute atomic E-state index is 0.00697. The third kappa shape index (κ3) is 6.53. The Hall–Kier alpha value is -3.09. The van der Waals surface area contributed by atoms with Crippen molar-refractivity contribution >= 4 is 50.5 Å². The van der Waals surface area contributed by atoms with Gasteiger partial charge in [0.2, 0.25) is 0 Å². The molecular weight excluding hydrogens is 529 g/mol. The van der Waals surface area contributed by atoms with Crippen LogP contribution in [-0.4, -0.2) is 31.4 Å². The number of nitrogens with one attached hydrogen (secondary N) is 2. The van der Waals surface area contributed by atoms with Gasteiger partial charge in [0.25, 0.3) is 15.9 Å². The van der Waals surface area contributed by atoms with Gasteiger partial charge in [-0.15, -0.1) is 11.3 Å². The predicted octanol–water partition coefficient (Wildman–Crippen LogP) is 4.96. The van der Waals surface area contributed by atoms with Crippen LogP contribution in [0.5, 0.6) is 0 Å². The first kappa shape index (κ1) is 26.5. The van der Waals surface area contributed by atoms with Gasteiger partial charge in [-0.05, 0) is 42.3 Å². The van der Waals surface area contributed by atoms with Gasteiger partial charge in [-0.1, -0.05) is 41.9 Å². The lowest BCUT2D eigenvalue weighted by molar-refractivity contribution is -0.139. The zero-order valence-corrected chi connectivity index (χ0v) is 20.3. The number of aryl methyl sites for hydroxylation is 1. The van der Waals surface area contributed by atoms with Gasteiger partial charge in [-0.2, -0.15) is 13.2 Å². The fourth-order valence-corrected chi connectivity index (χ4v) is 5.99. The summed E-state index contributed by atoms with van der Waals surface area (Å²) < 4.78 is 66.5. The number of carbonyl (C=O) groups excluding carboxylic acids is 1. The predicted molar refractivity (Wildman–Crippen MR) is 125 cm³/mol. The van der Waals surface area contributed by atoms with Gasteiger partial charge in [0.05, 0.1) is 21.2 Å². The molecular formula is C22H18ClF3N2O5S2. The summed E-state index contributed by atoms with van der Waals surface area (Å²) in [7, 11) is -4.41. The summed E-state index contributed by atoms with van der Waals surface area (Å²) in [5, 5.41) is 11.6. The number of hydrogen-bond acceptors (Lipinski definition) is 5. The van der Waals surface area contributed by atoms with Crippen molar-refractivity contribution in [2.75, 3.05) is 4.72 Å². The van der Waals surface area contributed by atoms with Crippen LogP contribution in [0.15, 0.2) is 58.8 Å². The fraction of sp³-hybridized carbons (Fsp3) is 0.182. The third-order valence-corrected chi connectivity index (χ3v) is 8.33. The van der Waals surface area contributed by atoms with E-state index in [0.29, 0.717) is 29.0 Å². The van der Waals surface area contributed by atoms with E-state index in [2.05, 4.69) is 5.32 Å². The molecule has 0 bridgehead atoms. The number of thiophene rings is 1. The van der Waals surface area contributed by atoms with E-state index in [-0.39, 0.29) is 26.1 Å². The number of carboxylic acids is 1. The van der Waals surface area contributed by atoms with Crippen molar-refractivity contribution in [1.29, 1.82) is 0 Å². The number of amides is 1. The molecule has 1 heterocycles. The van der Waals surface area contributed by atoms with E-state index in [4.69, 9.17) is 11.6 Å². The Labute approximate surface area is 207 Å². The molecule has 2 aromatic carbocycles. The minimum atomic E-state index is -4.71. The van der Waals surface area contributed by atoms with Gasteiger partial charge in [-0.3, -0.25) is 9.52 Å². The number of rotatable bonds is 8. The summed E-state index contributed by atoms with van der Waals surface area (Å²) >= 11 is 6.43. The second-order valence-corrected chi connectivity index (χ2v) is 10.8. The van der Waals surface area contributed by atoms with E-state index < -0.39 is 45.4 Å². The van der Waals surface area contributed by atoms with Crippen LogP contribution >= 0.6 is 22.9 Å². The zero-order valence-electron chi connectivity index (χ0n) is 17.9. The van der Waals surface area contributed by atoms with Crippen LogP contribution < -0.4 is 10.0 Å². The lowest BCUT2D eigenvalue weighted by Gasteiger charge is -2.14. The Morgan fingerprint density at radius 3 is 2.37 bits per heavy atom. The van der Waals surface area contributed by atoms with Gasteiger partial charge < -0.3 is 10.4 Å². The van der Waals surface area contributed by atoms with Crippen LogP contribution in [0.3, 0.4) is 0 Å². The highest BCUT2D eigenvalue weighted by molar-refractivity contribution is 7.94. The molecule has 0 radical (unpaired) electrons. The molecule has 1 atom stereocenters. The van der Waals surface area contributed by atoms with Gasteiger partial charge in [0, 0.05) is 6.42 Å². The monoisotopic (exact) mass is 546 g/mol. The Morgan fingerprint density at radius 1 is 1.11 bits per heavy atom. The quantitative estimate of drug-likeness (QED) is 0.370. The summed E-state index contributed by atoms with van der Waals surface area (Å²) in [4.78, 5) is 24.2. The lowest BCUT2D eigenvalue weighted by Crippen LogP contribution is -2.42. The number of sulfonamides is 1. The highest BCUT2D eigenvalue weighted by atomic mass is 35.5. The third-order valence-electron chi connectivity index (χ3n) is 4.76. The summed E-state index contributed by atoms with van der Waals surface area (Å²) in [5.41, 5.74) is -0.756. The summed E-state index contributed by atoms with van der Waals surface area (Å²) in [5.74, 6) is -2.08. The molecule has 0 aliphatic rings. The maximum absolute atomic E-state index is 13.0. The van der Waals surface area contributed by atoms with Gasteiger partial charge in [-0.25, -0.2) is 13.2 Å². The van der Waals surface area contributed by atoms with Crippen LogP contribution in [0.1, 0.15) is 26.4 Å². The van der Waals surface area contributed by atoms with Crippen LogP contribution in [0, 0.1) is 6.92 Å². The van der Waals surface area contributed by atoms with Crippen molar-refractivity contribution in [3.63, 3.8) is 0 Å². The van der Waals surface area contributed by atoms with Crippen LogP contribution in [0.25, 0.3) is 0 Å². The van der Waals surface area contributed by atoms with Crippen molar-refractivity contribution in [1.82, 2.24) is 5.32 Å². The molecule has 3 rings (SSSR count). The standard InChI is InChI=1S/C22H18ClF3N2O5S2/c1-12-9-18(19(29)27-17(20(30)31)10-13-5-3-2-4-6-13)34-21(12)35(32,33)28-16-11-14(22(24,25)26)7-8-15(16)23/h2-9,11,17,28H,10H2,1H3,(H,27,29)(H,30,31). The number of carbonyl (C=O) groups is 2. The van der Waals surface area contributed by atoms with E-state index in [1.807, 2.05) is 4.72 Å². The molecule has 13 heteroatoms. The molecule has 1 amide bonds. The molecule has 0 fully saturated rings. The molecule has 186 valence electrons. The van der Waals surface area contributed by atoms with Crippen LogP contribution in [-0.2, 0) is 27.4 Å². The largest absolute Gasteiger partial charge is 0.480 e. The fourth-order valence-electron chi connectivity index (χ4n) is 3.09. The average Bonchev–Trinajstić information content (AvgIpc) is 3.17. The maximum Gasteiger partial charge on any atom is 0.416 e. The first-order chi connectivity index (χ1) is 16.3. The number of halogens is 4. The highest BCUT2D eigenvalue weighted by Gasteiger charge is 2.32. The average molecular weight is 547 g/mol. The number of anilines is 1. The second-order valence-electron chi connectivity index (χ2n) is 7.43. The Balaban J connectivity index is 1.83. The summed E-state index contributed by atoms with van der Waals surface area (Å²) in [6.45, 7) is 1.40. The number of alkyl halides is 3. The van der Waals surface area contributed by atoms with Gasteiger partial charge >= 0.3 is 12.1 Å². The van der Waals surface area contributed by atoms with E-state index in [1.54, 1.807) is 30.3 Å². The number of benzene rings is 2. The van der Waals surface area contributed by atoms with Crippen molar-refractivity contribution < 1.29 is 36.3 Å². The summed E-state index contributed by atoms with van der Waals surface area (Å²) in [6, 6.07) is 10.8. The molecule has 3 N–H and O–H groups in total. The maximum atomic E-state index is 13.0. The first-order valence-electron chi connectivity index (χ1n) is 9.85. The van der Waals surface area contributed by atoms with E-state index >= 15 is 0 Å². The molecule has 0 aliphatic heterocycles. The smallest absolute Gasteiger partial charge is 0.416 e. The summed E-state index contributed by atoms with van der Waals surface area (Å²) in [6.07, 6.45) is -4.71. The van der Waals surface area contributed by atoms with Crippen molar-refractivity contribution in [3.05, 3.63) is 81.2 Å². The van der Waals surface area contributed by atoms with Crippen molar-refractivity contribution in [2.45, 2.75) is 29.8 Å². The normalized spacial score (nSPS) is 12.7. The Kier molecular flexibility index (Phi) is 7.77. The molecule has 1 unspecified atom stereocenters. The van der Waals surface area contributed by atoms with E-state index in [0.717, 1.165) is 6.07 Å². The Bertz CT molecular complexity index is 1360. The molecule has 0 spiro atoms. The zero-order chi connectivity index (χ0) is 26.0. The lowest BCUT2D eigenvalue weighted by atomic mass is 10.1. The highest BCUT2D eigenvalue weighted by Crippen LogP contribution is 2.36. The molecule has 0 saturated carbocycles. The number of carboxylic acid groups (broad SMARTS) is 1. The molecule has 35 heavy (non-hydrogen) atoms. The topological polar surface area (TPSA) is 113 Å². The van der Waals surface area contributed by atoms with Crippen LogP contribution in [0.4, 0.5) is 18.9 Å². The molecule has 0 saturated heterocycles. The molecule has 1 aromatic heterocycles. The Morgan fingerprint density at radius 2 is 1.77 bits per heavy atom. The molecule has 7 nitrogen and oxygen atoms in total. The number of hydrogen-bond donors (Lipinski definition) is 3. The second kappa shape index (κ2) is 10.3. The molecule has 3 aromatic rings. The van der Waals surface area contributed by atoms with Gasteiger partial charge in [0.1, 0.15) is 10.3 Å². The van der Waals surface area contributed by atoms with Crippen molar-refractivity contribution in [3.8, 4) is 0 Å². The SMILES string of the molecule is Cc1cc(C(=O)NC(Cc2ccccc2)C(=O)O)sc1S(=O)(=O)Nc1cc(C(F)(F)F)ccc1Cl.